The number of rotatable bonds is 3. The first-order valence-electron chi connectivity index (χ1n) is 9.50. The number of nitrogens with one attached hydrogen (secondary N) is 1. The number of hydrogen-bond donors (Lipinski definition) is 1. The second-order valence-corrected chi connectivity index (χ2v) is 7.75. The molecule has 1 N–H and O–H groups in total. The Balaban J connectivity index is 1.92. The molecule has 3 aromatic heterocycles. The fraction of sp³-hybridized carbons (Fsp3) is 0.286. The summed E-state index contributed by atoms with van der Waals surface area (Å²) < 4.78 is 0. The van der Waals surface area contributed by atoms with E-state index < -0.39 is 0 Å². The van der Waals surface area contributed by atoms with Crippen LogP contribution in [0.25, 0.3) is 33.4 Å². The van der Waals surface area contributed by atoms with Crippen molar-refractivity contribution >= 4 is 22.5 Å². The largest absolute Gasteiger partial charge is 0.262 e. The number of benzene rings is 1. The van der Waals surface area contributed by atoms with Crippen molar-refractivity contribution in [2.45, 2.75) is 38.5 Å². The van der Waals surface area contributed by atoms with Crippen LogP contribution in [0.1, 0.15) is 43.0 Å². The topological polar surface area (TPSA) is 80.2 Å². The number of halogens is 1. The summed E-state index contributed by atoms with van der Waals surface area (Å²) in [5.74, 6) is 0.969. The molecule has 0 bridgehead atoms. The lowest BCUT2D eigenvalue weighted by Crippen LogP contribution is -2.04. The van der Waals surface area contributed by atoms with Gasteiger partial charge in [0, 0.05) is 33.8 Å². The van der Waals surface area contributed by atoms with Gasteiger partial charge in [-0.1, -0.05) is 24.4 Å². The number of fused-ring (bicyclic) bond motifs is 1. The molecule has 1 aromatic carbocycles. The van der Waals surface area contributed by atoms with Gasteiger partial charge in [0.15, 0.2) is 0 Å². The quantitative estimate of drug-likeness (QED) is 0.526. The lowest BCUT2D eigenvalue weighted by Gasteiger charge is -2.19. The van der Waals surface area contributed by atoms with Gasteiger partial charge in [-0.05, 0) is 60.9 Å². The highest BCUT2D eigenvalue weighted by atomic mass is 35.5. The standard InChI is InChI=1S/C21H19ClN6/c1-12-10-14(8-9-23-12)18-16-11-15(22)6-7-17(16)24-20(13-4-2-3-5-13)19(18)21-25-27-28-26-21/h6-11,13H,2-5H2,1H3,(H,25,26,27,28). The predicted octanol–water partition coefficient (Wildman–Crippen LogP) is 5.10. The van der Waals surface area contributed by atoms with Gasteiger partial charge < -0.3 is 0 Å². The Bertz CT molecular complexity index is 1150. The van der Waals surface area contributed by atoms with E-state index in [9.17, 15) is 0 Å². The van der Waals surface area contributed by atoms with Gasteiger partial charge in [0.2, 0.25) is 5.82 Å². The molecule has 140 valence electrons. The van der Waals surface area contributed by atoms with Crippen LogP contribution in [-0.2, 0) is 0 Å². The average Bonchev–Trinajstić information content (AvgIpc) is 3.40. The molecular formula is C21H19ClN6. The predicted molar refractivity (Wildman–Crippen MR) is 109 cm³/mol. The second-order valence-electron chi connectivity index (χ2n) is 7.31. The third kappa shape index (κ3) is 2.94. The van der Waals surface area contributed by atoms with E-state index in [4.69, 9.17) is 16.6 Å². The number of aromatic amines is 1. The molecule has 0 saturated heterocycles. The van der Waals surface area contributed by atoms with Gasteiger partial charge in [-0.2, -0.15) is 5.21 Å². The zero-order chi connectivity index (χ0) is 19.1. The van der Waals surface area contributed by atoms with E-state index in [-0.39, 0.29) is 0 Å². The van der Waals surface area contributed by atoms with Gasteiger partial charge in [0.25, 0.3) is 0 Å². The highest BCUT2D eigenvalue weighted by Gasteiger charge is 2.28. The highest BCUT2D eigenvalue weighted by Crippen LogP contribution is 2.44. The van der Waals surface area contributed by atoms with Crippen molar-refractivity contribution in [2.75, 3.05) is 0 Å². The minimum absolute atomic E-state index is 0.398. The van der Waals surface area contributed by atoms with Crippen LogP contribution in [0.4, 0.5) is 0 Å². The van der Waals surface area contributed by atoms with Crippen LogP contribution in [0.15, 0.2) is 36.5 Å². The smallest absolute Gasteiger partial charge is 0.207 e. The summed E-state index contributed by atoms with van der Waals surface area (Å²) >= 11 is 6.36. The summed E-state index contributed by atoms with van der Waals surface area (Å²) in [4.78, 5) is 9.43. The van der Waals surface area contributed by atoms with Crippen molar-refractivity contribution in [3.63, 3.8) is 0 Å². The third-order valence-electron chi connectivity index (χ3n) is 5.47. The minimum Gasteiger partial charge on any atom is -0.262 e. The Morgan fingerprint density at radius 3 is 2.68 bits per heavy atom. The van der Waals surface area contributed by atoms with E-state index in [1.807, 2.05) is 37.4 Å². The molecule has 5 rings (SSSR count). The summed E-state index contributed by atoms with van der Waals surface area (Å²) in [6.07, 6.45) is 6.54. The van der Waals surface area contributed by atoms with Crippen LogP contribution in [-0.4, -0.2) is 30.6 Å². The Morgan fingerprint density at radius 1 is 1.07 bits per heavy atom. The first kappa shape index (κ1) is 17.3. The zero-order valence-electron chi connectivity index (χ0n) is 15.5. The molecule has 0 atom stereocenters. The van der Waals surface area contributed by atoms with Crippen molar-refractivity contribution in [3.05, 3.63) is 52.9 Å². The number of nitrogens with zero attached hydrogens (tertiary/aromatic N) is 5. The van der Waals surface area contributed by atoms with Gasteiger partial charge in [-0.25, -0.2) is 0 Å². The van der Waals surface area contributed by atoms with Crippen molar-refractivity contribution in [3.8, 4) is 22.5 Å². The lowest BCUT2D eigenvalue weighted by molar-refractivity contribution is 0.702. The second kappa shape index (κ2) is 6.95. The number of pyridine rings is 2. The fourth-order valence-electron chi connectivity index (χ4n) is 4.24. The number of H-pyrrole nitrogens is 1. The molecule has 1 aliphatic rings. The van der Waals surface area contributed by atoms with Gasteiger partial charge in [-0.15, -0.1) is 10.2 Å². The van der Waals surface area contributed by atoms with Gasteiger partial charge in [-0.3, -0.25) is 9.97 Å². The van der Waals surface area contributed by atoms with E-state index in [0.29, 0.717) is 16.8 Å². The van der Waals surface area contributed by atoms with Crippen molar-refractivity contribution in [2.24, 2.45) is 0 Å². The van der Waals surface area contributed by atoms with E-state index in [0.717, 1.165) is 51.8 Å². The van der Waals surface area contributed by atoms with Crippen LogP contribution in [0, 0.1) is 6.92 Å². The van der Waals surface area contributed by atoms with Crippen LogP contribution in [0.5, 0.6) is 0 Å². The number of hydrogen-bond acceptors (Lipinski definition) is 5. The first-order chi connectivity index (χ1) is 13.7. The van der Waals surface area contributed by atoms with Crippen molar-refractivity contribution < 1.29 is 0 Å². The summed E-state index contributed by atoms with van der Waals surface area (Å²) in [5.41, 5.74) is 5.98. The molecule has 28 heavy (non-hydrogen) atoms. The summed E-state index contributed by atoms with van der Waals surface area (Å²) in [5, 5.41) is 16.7. The molecule has 0 spiro atoms. The Hall–Kier alpha value is -2.86. The molecule has 0 unspecified atom stereocenters. The van der Waals surface area contributed by atoms with Crippen LogP contribution in [0.3, 0.4) is 0 Å². The maximum atomic E-state index is 6.36. The van der Waals surface area contributed by atoms with Gasteiger partial charge in [0.1, 0.15) is 0 Å². The fourth-order valence-corrected chi connectivity index (χ4v) is 4.42. The molecule has 4 aromatic rings. The highest BCUT2D eigenvalue weighted by molar-refractivity contribution is 6.31. The minimum atomic E-state index is 0.398. The Morgan fingerprint density at radius 2 is 1.93 bits per heavy atom. The lowest BCUT2D eigenvalue weighted by atomic mass is 9.89. The third-order valence-corrected chi connectivity index (χ3v) is 5.71. The molecule has 0 radical (unpaired) electrons. The summed E-state index contributed by atoms with van der Waals surface area (Å²) in [6.45, 7) is 1.99. The molecule has 0 amide bonds. The molecule has 1 fully saturated rings. The monoisotopic (exact) mass is 390 g/mol. The molecular weight excluding hydrogens is 372 g/mol. The van der Waals surface area contributed by atoms with Gasteiger partial charge >= 0.3 is 0 Å². The van der Waals surface area contributed by atoms with Crippen LogP contribution >= 0.6 is 11.6 Å². The van der Waals surface area contributed by atoms with E-state index in [1.165, 1.54) is 12.8 Å². The number of aryl methyl sites for hydroxylation is 1. The molecule has 0 aliphatic heterocycles. The number of tetrazole rings is 1. The van der Waals surface area contributed by atoms with E-state index >= 15 is 0 Å². The first-order valence-corrected chi connectivity index (χ1v) is 9.88. The Kier molecular flexibility index (Phi) is 4.28. The number of aromatic nitrogens is 6. The Labute approximate surface area is 167 Å². The van der Waals surface area contributed by atoms with Crippen molar-refractivity contribution in [1.29, 1.82) is 0 Å². The van der Waals surface area contributed by atoms with Crippen LogP contribution < -0.4 is 0 Å². The van der Waals surface area contributed by atoms with E-state index in [2.05, 4.69) is 31.7 Å². The average molecular weight is 391 g/mol. The molecule has 1 saturated carbocycles. The van der Waals surface area contributed by atoms with Gasteiger partial charge in [0.05, 0.1) is 16.8 Å². The van der Waals surface area contributed by atoms with Crippen LogP contribution in [0.2, 0.25) is 5.02 Å². The molecule has 7 heteroatoms. The summed E-state index contributed by atoms with van der Waals surface area (Å²) in [6, 6.07) is 9.96. The zero-order valence-corrected chi connectivity index (χ0v) is 16.2. The van der Waals surface area contributed by atoms with E-state index in [1.54, 1.807) is 0 Å². The maximum absolute atomic E-state index is 6.36. The normalized spacial score (nSPS) is 14.8. The molecule has 3 heterocycles. The maximum Gasteiger partial charge on any atom is 0.207 e. The summed E-state index contributed by atoms with van der Waals surface area (Å²) in [7, 11) is 0. The van der Waals surface area contributed by atoms with Crippen molar-refractivity contribution in [1.82, 2.24) is 30.6 Å². The molecule has 6 nitrogen and oxygen atoms in total. The molecule has 1 aliphatic carbocycles. The SMILES string of the molecule is Cc1cc(-c2c(-c3nn[nH]n3)c(C3CCCC3)nc3ccc(Cl)cc23)ccn1.